The zero-order chi connectivity index (χ0) is 39.8. The van der Waals surface area contributed by atoms with Crippen LogP contribution in [0, 0.1) is 11.3 Å². The SMILES string of the molecule is CC(C)(C)c1ccc(CC#N)cc1.CC(C)(C)c1cccc(CC(=O)Nc2ncccn2)c1.CC(C)(C)c1cccc(CCC(=O)Nc2ncccn2)c1. The van der Waals surface area contributed by atoms with Gasteiger partial charge in [-0.3, -0.25) is 20.2 Å². The van der Waals surface area contributed by atoms with Gasteiger partial charge in [0.15, 0.2) is 0 Å². The first-order chi connectivity index (χ1) is 25.4. The molecule has 0 radical (unpaired) electrons. The fourth-order valence-electron chi connectivity index (χ4n) is 5.08. The van der Waals surface area contributed by atoms with E-state index in [4.69, 9.17) is 5.26 Å². The van der Waals surface area contributed by atoms with Crippen molar-refractivity contribution in [2.45, 2.75) is 104 Å². The highest BCUT2D eigenvalue weighted by Crippen LogP contribution is 2.25. The Morgan fingerprint density at radius 2 is 1.00 bits per heavy atom. The maximum atomic E-state index is 12.0. The third-order valence-corrected chi connectivity index (χ3v) is 8.33. The Bertz CT molecular complexity index is 1950. The molecular formula is C45H55N7O2. The molecule has 0 saturated heterocycles. The summed E-state index contributed by atoms with van der Waals surface area (Å²) in [5, 5.41) is 13.9. The quantitative estimate of drug-likeness (QED) is 0.163. The van der Waals surface area contributed by atoms with Crippen molar-refractivity contribution in [3.63, 3.8) is 0 Å². The van der Waals surface area contributed by atoms with Crippen molar-refractivity contribution >= 4 is 23.7 Å². The van der Waals surface area contributed by atoms with Crippen LogP contribution in [0.5, 0.6) is 0 Å². The lowest BCUT2D eigenvalue weighted by Gasteiger charge is -2.19. The molecule has 9 heteroatoms. The molecule has 3 aromatic carbocycles. The summed E-state index contributed by atoms with van der Waals surface area (Å²) in [5.41, 5.74) is 7.48. The zero-order valence-corrected chi connectivity index (χ0v) is 33.3. The Labute approximate surface area is 321 Å². The summed E-state index contributed by atoms with van der Waals surface area (Å²) in [6, 6.07) is 30.4. The van der Waals surface area contributed by atoms with E-state index in [2.05, 4.69) is 141 Å². The summed E-state index contributed by atoms with van der Waals surface area (Å²) >= 11 is 0. The first kappa shape index (κ1) is 42.7. The lowest BCUT2D eigenvalue weighted by atomic mass is 9.86. The van der Waals surface area contributed by atoms with E-state index < -0.39 is 0 Å². The van der Waals surface area contributed by atoms with Crippen molar-refractivity contribution in [2.24, 2.45) is 0 Å². The molecule has 0 spiro atoms. The van der Waals surface area contributed by atoms with Crippen molar-refractivity contribution in [1.82, 2.24) is 19.9 Å². The van der Waals surface area contributed by atoms with Crippen LogP contribution in [0.15, 0.2) is 110 Å². The fraction of sp³-hybridized carbons (Fsp3) is 0.356. The fourth-order valence-corrected chi connectivity index (χ4v) is 5.08. The largest absolute Gasteiger partial charge is 0.295 e. The van der Waals surface area contributed by atoms with Crippen LogP contribution >= 0.6 is 0 Å². The van der Waals surface area contributed by atoms with Crippen LogP contribution in [0.25, 0.3) is 0 Å². The summed E-state index contributed by atoms with van der Waals surface area (Å²) < 4.78 is 0. The van der Waals surface area contributed by atoms with Gasteiger partial charge in [-0.2, -0.15) is 5.26 Å². The Morgan fingerprint density at radius 3 is 1.46 bits per heavy atom. The Kier molecular flexibility index (Phi) is 15.7. The number of hydrogen-bond acceptors (Lipinski definition) is 7. The number of carbonyl (C=O) groups is 2. The van der Waals surface area contributed by atoms with Gasteiger partial charge in [-0.05, 0) is 68.2 Å². The lowest BCUT2D eigenvalue weighted by Crippen LogP contribution is -2.17. The minimum absolute atomic E-state index is 0.0673. The molecule has 0 aliphatic rings. The monoisotopic (exact) mass is 725 g/mol. The zero-order valence-electron chi connectivity index (χ0n) is 33.3. The molecule has 5 aromatic rings. The number of anilines is 2. The Morgan fingerprint density at radius 1 is 0.556 bits per heavy atom. The first-order valence-electron chi connectivity index (χ1n) is 18.2. The standard InChI is InChI=1S/C17H21N3O.C16H19N3O.C12H15N/c1-17(2,3)14-7-4-6-13(12-14)8-9-15(21)20-16-18-10-5-11-19-16;1-16(2,3)13-7-4-6-12(10-13)11-14(20)19-15-17-8-5-9-18-15;1-12(2,3)11-6-4-10(5-7-11)8-9-13/h4-7,10-12H,8-9H2,1-3H3,(H,18,19,20,21);4-10H,11H2,1-3H3,(H,17,18,19,20);4-7H,8H2,1-3H3. The van der Waals surface area contributed by atoms with Crippen LogP contribution in [0.3, 0.4) is 0 Å². The van der Waals surface area contributed by atoms with E-state index in [-0.39, 0.29) is 28.1 Å². The van der Waals surface area contributed by atoms with Gasteiger partial charge in [0.2, 0.25) is 23.7 Å². The molecule has 54 heavy (non-hydrogen) atoms. The van der Waals surface area contributed by atoms with Gasteiger partial charge in [0, 0.05) is 31.2 Å². The van der Waals surface area contributed by atoms with Gasteiger partial charge < -0.3 is 0 Å². The second-order valence-corrected chi connectivity index (χ2v) is 16.1. The van der Waals surface area contributed by atoms with Crippen LogP contribution in [0.4, 0.5) is 11.9 Å². The molecule has 9 nitrogen and oxygen atoms in total. The maximum absolute atomic E-state index is 12.0. The number of carbonyl (C=O) groups excluding carboxylic acids is 2. The van der Waals surface area contributed by atoms with Gasteiger partial charge >= 0.3 is 0 Å². The van der Waals surface area contributed by atoms with Gasteiger partial charge in [0.25, 0.3) is 0 Å². The number of amides is 2. The predicted molar refractivity (Wildman–Crippen MR) is 218 cm³/mol. The van der Waals surface area contributed by atoms with Crippen molar-refractivity contribution in [2.75, 3.05) is 10.6 Å². The summed E-state index contributed by atoms with van der Waals surface area (Å²) in [6.45, 7) is 19.6. The van der Waals surface area contributed by atoms with Crippen molar-refractivity contribution in [1.29, 1.82) is 5.26 Å². The molecule has 5 rings (SSSR count). The smallest absolute Gasteiger partial charge is 0.231 e. The third-order valence-electron chi connectivity index (χ3n) is 8.33. The number of nitriles is 1. The summed E-state index contributed by atoms with van der Waals surface area (Å²) in [5.74, 6) is 0.514. The Hall–Kier alpha value is -5.75. The molecule has 2 heterocycles. The highest BCUT2D eigenvalue weighted by atomic mass is 16.2. The molecule has 282 valence electrons. The predicted octanol–water partition coefficient (Wildman–Crippen LogP) is 9.35. The van der Waals surface area contributed by atoms with Crippen molar-refractivity contribution < 1.29 is 9.59 Å². The molecule has 0 fully saturated rings. The highest BCUT2D eigenvalue weighted by molar-refractivity contribution is 5.90. The minimum Gasteiger partial charge on any atom is -0.295 e. The highest BCUT2D eigenvalue weighted by Gasteiger charge is 2.16. The molecule has 2 N–H and O–H groups in total. The number of nitrogens with zero attached hydrogens (tertiary/aromatic N) is 5. The van der Waals surface area contributed by atoms with E-state index >= 15 is 0 Å². The van der Waals surface area contributed by atoms with E-state index in [0.717, 1.165) is 11.1 Å². The third kappa shape index (κ3) is 15.5. The second kappa shape index (κ2) is 19.9. The molecule has 2 aromatic heterocycles. The number of hydrogen-bond donors (Lipinski definition) is 2. The molecule has 0 atom stereocenters. The van der Waals surface area contributed by atoms with Crippen LogP contribution in [0.1, 0.15) is 102 Å². The number of rotatable bonds is 8. The topological polar surface area (TPSA) is 134 Å². The lowest BCUT2D eigenvalue weighted by molar-refractivity contribution is -0.116. The summed E-state index contributed by atoms with van der Waals surface area (Å²) in [6.07, 6.45) is 8.37. The first-order valence-corrected chi connectivity index (χ1v) is 18.2. The molecular weight excluding hydrogens is 671 g/mol. The van der Waals surface area contributed by atoms with E-state index in [1.807, 2.05) is 30.3 Å². The maximum Gasteiger partial charge on any atom is 0.231 e. The van der Waals surface area contributed by atoms with Crippen molar-refractivity contribution in [3.8, 4) is 6.07 Å². The molecule has 0 bridgehead atoms. The number of aryl methyl sites for hydroxylation is 1. The van der Waals surface area contributed by atoms with Gasteiger partial charge in [-0.15, -0.1) is 0 Å². The average Bonchev–Trinajstić information content (AvgIpc) is 3.12. The van der Waals surface area contributed by atoms with Crippen LogP contribution < -0.4 is 10.6 Å². The van der Waals surface area contributed by atoms with E-state index in [0.29, 0.717) is 37.6 Å². The number of aromatic nitrogens is 4. The number of nitrogens with one attached hydrogen (secondary N) is 2. The van der Waals surface area contributed by atoms with E-state index in [9.17, 15) is 9.59 Å². The molecule has 0 saturated carbocycles. The van der Waals surface area contributed by atoms with Gasteiger partial charge in [-0.25, -0.2) is 19.9 Å². The molecule has 0 aliphatic heterocycles. The molecule has 0 unspecified atom stereocenters. The van der Waals surface area contributed by atoms with Gasteiger partial charge in [0.05, 0.1) is 18.9 Å². The van der Waals surface area contributed by atoms with E-state index in [1.54, 1.807) is 36.9 Å². The number of benzene rings is 3. The molecule has 2 amide bonds. The minimum atomic E-state index is -0.109. The van der Waals surface area contributed by atoms with Crippen LogP contribution in [-0.2, 0) is 45.1 Å². The average molecular weight is 726 g/mol. The second-order valence-electron chi connectivity index (χ2n) is 16.1. The van der Waals surface area contributed by atoms with Crippen molar-refractivity contribution in [3.05, 3.63) is 143 Å². The summed E-state index contributed by atoms with van der Waals surface area (Å²) in [4.78, 5) is 39.7. The van der Waals surface area contributed by atoms with Gasteiger partial charge in [-0.1, -0.05) is 135 Å². The Balaban J connectivity index is 0.000000224. The van der Waals surface area contributed by atoms with Gasteiger partial charge in [0.1, 0.15) is 0 Å². The molecule has 0 aliphatic carbocycles. The van der Waals surface area contributed by atoms with Crippen LogP contribution in [-0.4, -0.2) is 31.8 Å². The van der Waals surface area contributed by atoms with Crippen LogP contribution in [0.2, 0.25) is 0 Å². The summed E-state index contributed by atoms with van der Waals surface area (Å²) in [7, 11) is 0. The normalized spacial score (nSPS) is 11.1. The van der Waals surface area contributed by atoms with E-state index in [1.165, 1.54) is 22.3 Å².